The van der Waals surface area contributed by atoms with Crippen LogP contribution in [0.4, 0.5) is 22.0 Å². The first kappa shape index (κ1) is 20.3. The van der Waals surface area contributed by atoms with E-state index in [1.165, 1.54) is 0 Å². The van der Waals surface area contributed by atoms with Gasteiger partial charge in [0.15, 0.2) is 5.25 Å². The highest BCUT2D eigenvalue weighted by Crippen LogP contribution is 2.42. The summed E-state index contributed by atoms with van der Waals surface area (Å²) in [5.41, 5.74) is 0.723. The number of rotatable bonds is 7. The van der Waals surface area contributed by atoms with Crippen molar-refractivity contribution in [1.29, 1.82) is 0 Å². The van der Waals surface area contributed by atoms with Gasteiger partial charge in [-0.3, -0.25) is 4.79 Å². The van der Waals surface area contributed by atoms with Crippen LogP contribution in [0.1, 0.15) is 18.4 Å². The number of carbonyl (C=O) groups excluding carboxylic acids is 1. The highest BCUT2D eigenvalue weighted by molar-refractivity contribution is 7.93. The predicted molar refractivity (Wildman–Crippen MR) is 75.1 cm³/mol. The smallest absolute Gasteiger partial charge is 0.468 e. The maximum atomic E-state index is 13.3. The van der Waals surface area contributed by atoms with Crippen LogP contribution in [0, 0.1) is 0 Å². The third-order valence-corrected chi connectivity index (χ3v) is 5.42. The third kappa shape index (κ3) is 4.22. The standard InChI is InChI=1S/C14H15F5O4S/c1-23-12(20)11(9-5-8-10-6-3-2-4-7-10)24(21,22)14(18,19)13(15,16)17/h2-4,6-7,11H,5,8-9H2,1H3. The van der Waals surface area contributed by atoms with Gasteiger partial charge < -0.3 is 4.74 Å². The molecule has 1 aromatic carbocycles. The fraction of sp³-hybridized carbons (Fsp3) is 0.500. The molecule has 0 amide bonds. The van der Waals surface area contributed by atoms with Gasteiger partial charge in [0.05, 0.1) is 7.11 Å². The molecule has 0 fully saturated rings. The number of hydrogen-bond donors (Lipinski definition) is 0. The van der Waals surface area contributed by atoms with Gasteiger partial charge in [-0.05, 0) is 24.8 Å². The molecule has 0 aromatic heterocycles. The van der Waals surface area contributed by atoms with Crippen LogP contribution in [-0.2, 0) is 25.8 Å². The van der Waals surface area contributed by atoms with E-state index in [0.29, 0.717) is 7.11 Å². The zero-order valence-corrected chi connectivity index (χ0v) is 13.3. The maximum Gasteiger partial charge on any atom is 0.469 e. The molecule has 1 atom stereocenters. The Hall–Kier alpha value is -1.71. The normalized spacial score (nSPS) is 14.2. The molecule has 1 aromatic rings. The van der Waals surface area contributed by atoms with Gasteiger partial charge in [-0.25, -0.2) is 8.42 Å². The van der Waals surface area contributed by atoms with Crippen molar-refractivity contribution in [2.75, 3.05) is 7.11 Å². The first-order valence-electron chi connectivity index (χ1n) is 6.75. The largest absolute Gasteiger partial charge is 0.469 e. The van der Waals surface area contributed by atoms with Gasteiger partial charge in [0.2, 0.25) is 9.84 Å². The van der Waals surface area contributed by atoms with Crippen LogP contribution in [-0.4, -0.2) is 38.2 Å². The quantitative estimate of drug-likeness (QED) is 0.544. The van der Waals surface area contributed by atoms with E-state index in [-0.39, 0.29) is 12.8 Å². The van der Waals surface area contributed by atoms with Crippen molar-refractivity contribution >= 4 is 15.8 Å². The molecule has 0 spiro atoms. The highest BCUT2D eigenvalue weighted by Gasteiger charge is 2.69. The van der Waals surface area contributed by atoms with Gasteiger partial charge in [-0.15, -0.1) is 0 Å². The number of hydrogen-bond acceptors (Lipinski definition) is 4. The summed E-state index contributed by atoms with van der Waals surface area (Å²) in [6.45, 7) is 0. The van der Waals surface area contributed by atoms with Crippen molar-refractivity contribution in [1.82, 2.24) is 0 Å². The topological polar surface area (TPSA) is 60.4 Å². The van der Waals surface area contributed by atoms with Crippen molar-refractivity contribution in [2.24, 2.45) is 0 Å². The van der Waals surface area contributed by atoms with Gasteiger partial charge in [0, 0.05) is 0 Å². The average Bonchev–Trinajstić information content (AvgIpc) is 2.50. The first-order chi connectivity index (χ1) is 10.9. The van der Waals surface area contributed by atoms with Crippen molar-refractivity contribution in [3.05, 3.63) is 35.9 Å². The van der Waals surface area contributed by atoms with E-state index in [2.05, 4.69) is 4.74 Å². The summed E-state index contributed by atoms with van der Waals surface area (Å²) in [7, 11) is -5.44. The minimum Gasteiger partial charge on any atom is -0.468 e. The molecular formula is C14H15F5O4S. The van der Waals surface area contributed by atoms with Gasteiger partial charge in [0.25, 0.3) is 0 Å². The molecule has 0 aliphatic rings. The zero-order chi connectivity index (χ0) is 18.6. The molecule has 24 heavy (non-hydrogen) atoms. The molecule has 10 heteroatoms. The highest BCUT2D eigenvalue weighted by atomic mass is 32.2. The minimum atomic E-state index is -6.32. The molecule has 0 N–H and O–H groups in total. The molecule has 0 aliphatic carbocycles. The lowest BCUT2D eigenvalue weighted by Crippen LogP contribution is -2.50. The zero-order valence-electron chi connectivity index (χ0n) is 12.5. The Morgan fingerprint density at radius 1 is 1.12 bits per heavy atom. The summed E-state index contributed by atoms with van der Waals surface area (Å²) >= 11 is 0. The number of esters is 1. The number of carbonyl (C=O) groups is 1. The number of halogens is 5. The van der Waals surface area contributed by atoms with E-state index in [1.807, 2.05) is 0 Å². The monoisotopic (exact) mass is 374 g/mol. The first-order valence-corrected chi connectivity index (χ1v) is 8.29. The van der Waals surface area contributed by atoms with E-state index in [4.69, 9.17) is 0 Å². The Morgan fingerprint density at radius 2 is 1.67 bits per heavy atom. The third-order valence-electron chi connectivity index (χ3n) is 3.30. The number of sulfone groups is 1. The lowest BCUT2D eigenvalue weighted by atomic mass is 10.1. The second-order valence-electron chi connectivity index (χ2n) is 4.95. The Balaban J connectivity index is 2.99. The summed E-state index contributed by atoms with van der Waals surface area (Å²) in [4.78, 5) is 11.5. The molecule has 1 unspecified atom stereocenters. The van der Waals surface area contributed by atoms with Crippen molar-refractivity contribution in [2.45, 2.75) is 35.9 Å². The van der Waals surface area contributed by atoms with E-state index < -0.39 is 38.9 Å². The average molecular weight is 374 g/mol. The second-order valence-corrected chi connectivity index (χ2v) is 7.12. The van der Waals surface area contributed by atoms with Gasteiger partial charge in [0.1, 0.15) is 0 Å². The number of alkyl halides is 5. The second kappa shape index (κ2) is 7.45. The molecule has 0 aliphatic heterocycles. The van der Waals surface area contributed by atoms with E-state index in [9.17, 15) is 35.2 Å². The van der Waals surface area contributed by atoms with Gasteiger partial charge in [-0.1, -0.05) is 30.3 Å². The summed E-state index contributed by atoms with van der Waals surface area (Å²) in [5, 5.41) is -8.63. The lowest BCUT2D eigenvalue weighted by Gasteiger charge is -2.24. The molecule has 136 valence electrons. The van der Waals surface area contributed by atoms with E-state index in [0.717, 1.165) is 5.56 Å². The number of aryl methyl sites for hydroxylation is 1. The molecule has 0 saturated carbocycles. The molecular weight excluding hydrogens is 359 g/mol. The van der Waals surface area contributed by atoms with Crippen LogP contribution in [0.25, 0.3) is 0 Å². The van der Waals surface area contributed by atoms with Crippen molar-refractivity contribution in [3.8, 4) is 0 Å². The SMILES string of the molecule is COC(=O)C(CCCc1ccccc1)S(=O)(=O)C(F)(F)C(F)(F)F. The van der Waals surface area contributed by atoms with E-state index >= 15 is 0 Å². The molecule has 0 radical (unpaired) electrons. The van der Waals surface area contributed by atoms with E-state index in [1.54, 1.807) is 30.3 Å². The Bertz CT molecular complexity index is 655. The molecule has 0 heterocycles. The lowest BCUT2D eigenvalue weighted by molar-refractivity contribution is -0.241. The fourth-order valence-electron chi connectivity index (χ4n) is 2.01. The molecule has 0 saturated heterocycles. The van der Waals surface area contributed by atoms with Crippen LogP contribution in [0.3, 0.4) is 0 Å². The summed E-state index contributed by atoms with van der Waals surface area (Å²) in [5.74, 6) is -1.65. The van der Waals surface area contributed by atoms with Crippen molar-refractivity contribution < 1.29 is 39.9 Å². The molecule has 0 bridgehead atoms. The maximum absolute atomic E-state index is 13.3. The minimum absolute atomic E-state index is 0.0864. The van der Waals surface area contributed by atoms with Crippen LogP contribution >= 0.6 is 0 Å². The molecule has 4 nitrogen and oxygen atoms in total. The van der Waals surface area contributed by atoms with Gasteiger partial charge in [-0.2, -0.15) is 22.0 Å². The van der Waals surface area contributed by atoms with Crippen LogP contribution in [0.2, 0.25) is 0 Å². The summed E-state index contributed by atoms with van der Waals surface area (Å²) in [6, 6.07) is 8.43. The number of methoxy groups -OCH3 is 1. The number of benzene rings is 1. The molecule has 1 rings (SSSR count). The van der Waals surface area contributed by atoms with Crippen LogP contribution < -0.4 is 0 Å². The van der Waals surface area contributed by atoms with Gasteiger partial charge >= 0.3 is 17.4 Å². The number of ether oxygens (including phenoxy) is 1. The fourth-order valence-corrected chi connectivity index (χ4v) is 3.51. The Kier molecular flexibility index (Phi) is 6.32. The Labute approximate surface area is 135 Å². The van der Waals surface area contributed by atoms with Crippen molar-refractivity contribution in [3.63, 3.8) is 0 Å². The predicted octanol–water partition coefficient (Wildman–Crippen LogP) is 3.12. The van der Waals surface area contributed by atoms with Crippen LogP contribution in [0.5, 0.6) is 0 Å². The Morgan fingerprint density at radius 3 is 2.12 bits per heavy atom. The summed E-state index contributed by atoms with van der Waals surface area (Å²) in [6.07, 6.45) is -6.91. The van der Waals surface area contributed by atoms with Crippen LogP contribution in [0.15, 0.2) is 30.3 Å². The summed E-state index contributed by atoms with van der Waals surface area (Å²) < 4.78 is 91.1.